The van der Waals surface area contributed by atoms with Crippen LogP contribution in [0.25, 0.3) is 33.3 Å². The minimum atomic E-state index is -1.35. The lowest BCUT2D eigenvalue weighted by atomic mass is 10.0. The van der Waals surface area contributed by atoms with Crippen LogP contribution in [0.3, 0.4) is 0 Å². The largest absolute Gasteiger partial charge is 0.494 e. The number of oxazole rings is 1. The predicted octanol–water partition coefficient (Wildman–Crippen LogP) is 4.95. The number of aliphatic carboxylic acids is 2. The van der Waals surface area contributed by atoms with Gasteiger partial charge in [0.1, 0.15) is 11.3 Å². The van der Waals surface area contributed by atoms with Gasteiger partial charge < -0.3 is 25.1 Å². The van der Waals surface area contributed by atoms with Gasteiger partial charge in [-0.3, -0.25) is 9.59 Å². The molecule has 0 saturated heterocycles. The van der Waals surface area contributed by atoms with Crippen LogP contribution < -0.4 is 10.5 Å². The van der Waals surface area contributed by atoms with Crippen LogP contribution in [-0.4, -0.2) is 33.7 Å². The number of fused-ring (bicyclic) bond motifs is 2. The molecule has 0 atom stereocenters. The van der Waals surface area contributed by atoms with Crippen molar-refractivity contribution in [2.45, 2.75) is 25.7 Å². The number of nitrogens with two attached hydrogens (primary N) is 1. The van der Waals surface area contributed by atoms with E-state index < -0.39 is 17.9 Å². The molecule has 0 aliphatic rings. The number of nitrogens with zero attached hydrogens (tertiary/aromatic N) is 1. The van der Waals surface area contributed by atoms with Gasteiger partial charge in [-0.05, 0) is 60.0 Å². The second-order valence-electron chi connectivity index (χ2n) is 7.86. The van der Waals surface area contributed by atoms with Gasteiger partial charge in [0.2, 0.25) is 5.89 Å². The second-order valence-corrected chi connectivity index (χ2v) is 7.86. The van der Waals surface area contributed by atoms with Crippen LogP contribution >= 0.6 is 0 Å². The van der Waals surface area contributed by atoms with Crippen molar-refractivity contribution < 1.29 is 29.0 Å². The van der Waals surface area contributed by atoms with E-state index in [2.05, 4.69) is 4.98 Å². The van der Waals surface area contributed by atoms with Crippen molar-refractivity contribution >= 4 is 39.5 Å². The highest BCUT2D eigenvalue weighted by atomic mass is 16.5. The fourth-order valence-electron chi connectivity index (χ4n) is 3.76. The molecular weight excluding hydrogens is 424 g/mol. The summed E-state index contributed by atoms with van der Waals surface area (Å²) in [6.07, 6.45) is 2.03. The van der Waals surface area contributed by atoms with Crippen molar-refractivity contribution in [2.24, 2.45) is 5.92 Å². The van der Waals surface area contributed by atoms with Crippen molar-refractivity contribution in [3.8, 4) is 17.2 Å². The van der Waals surface area contributed by atoms with Crippen molar-refractivity contribution in [2.75, 3.05) is 12.3 Å². The van der Waals surface area contributed by atoms with Gasteiger partial charge in [-0.25, -0.2) is 4.98 Å². The molecule has 0 aliphatic heterocycles. The van der Waals surface area contributed by atoms with Gasteiger partial charge in [0.05, 0.1) is 6.61 Å². The number of unbranched alkanes of at least 4 members (excludes halogenated alkanes) is 2. The monoisotopic (exact) mass is 448 g/mol. The van der Waals surface area contributed by atoms with Crippen LogP contribution in [0.15, 0.2) is 59.0 Å². The fourth-order valence-corrected chi connectivity index (χ4v) is 3.76. The number of carboxylic acid groups (broad SMARTS) is 2. The number of aromatic nitrogens is 1. The van der Waals surface area contributed by atoms with Gasteiger partial charge in [0, 0.05) is 17.3 Å². The maximum Gasteiger partial charge on any atom is 0.317 e. The summed E-state index contributed by atoms with van der Waals surface area (Å²) < 4.78 is 11.8. The predicted molar refractivity (Wildman–Crippen MR) is 124 cm³/mol. The zero-order valence-electron chi connectivity index (χ0n) is 17.9. The molecule has 3 aromatic carbocycles. The van der Waals surface area contributed by atoms with Crippen molar-refractivity contribution in [1.29, 1.82) is 0 Å². The molecule has 0 bridgehead atoms. The summed E-state index contributed by atoms with van der Waals surface area (Å²) >= 11 is 0. The first kappa shape index (κ1) is 22.1. The molecule has 1 heterocycles. The Morgan fingerprint density at radius 2 is 1.82 bits per heavy atom. The summed E-state index contributed by atoms with van der Waals surface area (Å²) in [5, 5.41) is 19.8. The lowest BCUT2D eigenvalue weighted by Gasteiger charge is -2.10. The van der Waals surface area contributed by atoms with Gasteiger partial charge in [0.25, 0.3) is 0 Å². The fraction of sp³-hybridized carbons (Fsp3) is 0.240. The van der Waals surface area contributed by atoms with E-state index in [4.69, 9.17) is 25.1 Å². The number of benzene rings is 3. The van der Waals surface area contributed by atoms with E-state index in [1.807, 2.05) is 42.5 Å². The highest BCUT2D eigenvalue weighted by Gasteiger charge is 2.24. The zero-order valence-corrected chi connectivity index (χ0v) is 17.9. The van der Waals surface area contributed by atoms with Crippen LogP contribution in [0, 0.1) is 5.92 Å². The molecule has 8 heteroatoms. The van der Waals surface area contributed by atoms with Crippen molar-refractivity contribution in [1.82, 2.24) is 4.98 Å². The lowest BCUT2D eigenvalue weighted by molar-refractivity contribution is -0.154. The van der Waals surface area contributed by atoms with Gasteiger partial charge >= 0.3 is 11.9 Å². The van der Waals surface area contributed by atoms with Gasteiger partial charge in [-0.1, -0.05) is 25.0 Å². The standard InChI is InChI=1S/C25H24N2O6/c26-16-8-11-21-22(14-16)33-23(27-21)19-7-4-5-15-13-17(9-10-18(15)19)32-12-3-1-2-6-20(24(28)29)25(30)31/h4-5,7-11,13-14,20H,1-3,6,12,26H2,(H,28,29)(H,30,31). The Balaban J connectivity index is 1.39. The number of anilines is 1. The molecule has 0 aliphatic carbocycles. The zero-order chi connectivity index (χ0) is 23.4. The van der Waals surface area contributed by atoms with E-state index in [0.717, 1.165) is 27.6 Å². The highest BCUT2D eigenvalue weighted by molar-refractivity contribution is 5.96. The maximum absolute atomic E-state index is 10.9. The quantitative estimate of drug-likeness (QED) is 0.176. The third-order valence-corrected chi connectivity index (χ3v) is 5.50. The summed E-state index contributed by atoms with van der Waals surface area (Å²) in [6.45, 7) is 0.461. The summed E-state index contributed by atoms with van der Waals surface area (Å²) in [7, 11) is 0. The van der Waals surface area contributed by atoms with Crippen LogP contribution in [0.2, 0.25) is 0 Å². The number of hydrogen-bond acceptors (Lipinski definition) is 6. The molecule has 4 N–H and O–H groups in total. The third-order valence-electron chi connectivity index (χ3n) is 5.50. The molecule has 4 rings (SSSR count). The molecule has 170 valence electrons. The SMILES string of the molecule is Nc1ccc2nc(-c3cccc4cc(OCCCCCC(C(=O)O)C(=O)O)ccc34)oc2c1. The molecule has 0 unspecified atom stereocenters. The van der Waals surface area contributed by atoms with Gasteiger partial charge in [-0.2, -0.15) is 0 Å². The molecule has 0 fully saturated rings. The molecule has 0 saturated carbocycles. The first-order valence-corrected chi connectivity index (χ1v) is 10.7. The van der Waals surface area contributed by atoms with E-state index in [1.54, 1.807) is 12.1 Å². The Hall–Kier alpha value is -4.07. The van der Waals surface area contributed by atoms with E-state index in [-0.39, 0.29) is 6.42 Å². The topological polar surface area (TPSA) is 136 Å². The van der Waals surface area contributed by atoms with Crippen LogP contribution in [0.5, 0.6) is 5.75 Å². The highest BCUT2D eigenvalue weighted by Crippen LogP contribution is 2.32. The number of hydrogen-bond donors (Lipinski definition) is 3. The number of carbonyl (C=O) groups is 2. The van der Waals surface area contributed by atoms with Gasteiger partial charge in [-0.15, -0.1) is 0 Å². The van der Waals surface area contributed by atoms with Gasteiger partial charge in [0.15, 0.2) is 11.5 Å². The van der Waals surface area contributed by atoms with Crippen LogP contribution in [0.4, 0.5) is 5.69 Å². The smallest absolute Gasteiger partial charge is 0.317 e. The second kappa shape index (κ2) is 9.60. The van der Waals surface area contributed by atoms with E-state index >= 15 is 0 Å². The Labute approximate surface area is 189 Å². The summed E-state index contributed by atoms with van der Waals surface area (Å²) in [5.74, 6) is -2.69. The maximum atomic E-state index is 10.9. The average Bonchev–Trinajstić information content (AvgIpc) is 3.20. The van der Waals surface area contributed by atoms with Crippen molar-refractivity contribution in [3.05, 3.63) is 54.6 Å². The minimum absolute atomic E-state index is 0.117. The van der Waals surface area contributed by atoms with E-state index in [9.17, 15) is 9.59 Å². The number of ether oxygens (including phenoxy) is 1. The van der Waals surface area contributed by atoms with Crippen LogP contribution in [0.1, 0.15) is 25.7 Å². The van der Waals surface area contributed by atoms with Crippen LogP contribution in [-0.2, 0) is 9.59 Å². The van der Waals surface area contributed by atoms with Crippen molar-refractivity contribution in [3.63, 3.8) is 0 Å². The Kier molecular flexibility index (Phi) is 6.44. The van der Waals surface area contributed by atoms with E-state index in [1.165, 1.54) is 0 Å². The Morgan fingerprint density at radius 1 is 1.00 bits per heavy atom. The Morgan fingerprint density at radius 3 is 2.61 bits per heavy atom. The molecule has 0 amide bonds. The first-order chi connectivity index (χ1) is 15.9. The average molecular weight is 448 g/mol. The minimum Gasteiger partial charge on any atom is -0.494 e. The third kappa shape index (κ3) is 5.06. The number of carboxylic acids is 2. The normalized spacial score (nSPS) is 11.3. The molecule has 1 aromatic heterocycles. The van der Waals surface area contributed by atoms with E-state index in [0.29, 0.717) is 43.0 Å². The molecule has 8 nitrogen and oxygen atoms in total. The molecule has 33 heavy (non-hydrogen) atoms. The summed E-state index contributed by atoms with van der Waals surface area (Å²) in [6, 6.07) is 17.1. The summed E-state index contributed by atoms with van der Waals surface area (Å²) in [5.41, 5.74) is 8.71. The molecule has 0 spiro atoms. The number of rotatable bonds is 10. The Bertz CT molecular complexity index is 1300. The number of nitrogen functional groups attached to an aromatic ring is 1. The molecule has 4 aromatic rings. The molecular formula is C25H24N2O6. The lowest BCUT2D eigenvalue weighted by Crippen LogP contribution is -2.23. The summed E-state index contributed by atoms with van der Waals surface area (Å²) in [4.78, 5) is 26.4. The first-order valence-electron chi connectivity index (χ1n) is 10.7. The molecule has 0 radical (unpaired) electrons.